The van der Waals surface area contributed by atoms with E-state index in [-0.39, 0.29) is 29.7 Å². The number of amides is 2. The number of aromatic nitrogens is 1. The molecule has 0 radical (unpaired) electrons. The Kier molecular flexibility index (Phi) is 4.69. The molecule has 0 N–H and O–H groups in total. The second-order valence-electron chi connectivity index (χ2n) is 6.94. The molecule has 1 aromatic heterocycles. The van der Waals surface area contributed by atoms with Crippen LogP contribution in [0.15, 0.2) is 71.4 Å². The molecule has 2 amide bonds. The van der Waals surface area contributed by atoms with Crippen molar-refractivity contribution in [2.45, 2.75) is 32.4 Å². The van der Waals surface area contributed by atoms with Crippen molar-refractivity contribution in [1.29, 1.82) is 0 Å². The van der Waals surface area contributed by atoms with Crippen molar-refractivity contribution >= 4 is 23.2 Å². The number of carbonyl (C=O) groups excluding carboxylic acids is 2. The maximum atomic E-state index is 13.0. The minimum Gasteiger partial charge on any atom is -0.351 e. The highest BCUT2D eigenvalue weighted by Gasteiger charge is 2.38. The molecule has 28 heavy (non-hydrogen) atoms. The van der Waals surface area contributed by atoms with Crippen LogP contribution in [0.4, 0.5) is 11.4 Å². The third kappa shape index (κ3) is 3.07. The second-order valence-corrected chi connectivity index (χ2v) is 6.94. The van der Waals surface area contributed by atoms with E-state index in [2.05, 4.69) is 5.16 Å². The minimum absolute atomic E-state index is 0.0341. The molecule has 0 bridgehead atoms. The zero-order valence-electron chi connectivity index (χ0n) is 15.8. The minimum atomic E-state index is -0.231. The van der Waals surface area contributed by atoms with E-state index in [0.717, 1.165) is 16.9 Å². The van der Waals surface area contributed by atoms with Crippen LogP contribution in [-0.2, 0) is 4.79 Å². The molecule has 4 rings (SSSR count). The predicted molar refractivity (Wildman–Crippen MR) is 106 cm³/mol. The molecule has 2 atom stereocenters. The van der Waals surface area contributed by atoms with Crippen LogP contribution >= 0.6 is 0 Å². The van der Waals surface area contributed by atoms with Crippen LogP contribution in [0, 0.1) is 0 Å². The summed E-state index contributed by atoms with van der Waals surface area (Å²) < 4.78 is 5.09. The van der Waals surface area contributed by atoms with Gasteiger partial charge in [-0.25, -0.2) is 0 Å². The summed E-state index contributed by atoms with van der Waals surface area (Å²) in [6.45, 7) is 3.56. The Labute approximate surface area is 163 Å². The predicted octanol–water partition coefficient (Wildman–Crippen LogP) is 4.21. The Balaban J connectivity index is 1.79. The third-order valence-electron chi connectivity index (χ3n) is 5.11. The highest BCUT2D eigenvalue weighted by atomic mass is 16.5. The monoisotopic (exact) mass is 375 g/mol. The molecule has 6 heteroatoms. The highest BCUT2D eigenvalue weighted by Crippen LogP contribution is 2.42. The second kappa shape index (κ2) is 7.31. The maximum absolute atomic E-state index is 13.0. The van der Waals surface area contributed by atoms with Gasteiger partial charge in [0.15, 0.2) is 0 Å². The van der Waals surface area contributed by atoms with Crippen molar-refractivity contribution in [3.8, 4) is 0 Å². The van der Waals surface area contributed by atoms with Gasteiger partial charge in [0.1, 0.15) is 0 Å². The van der Waals surface area contributed by atoms with Gasteiger partial charge in [-0.05, 0) is 37.1 Å². The molecule has 0 aliphatic carbocycles. The number of anilines is 2. The summed E-state index contributed by atoms with van der Waals surface area (Å²) >= 11 is 0. The summed E-state index contributed by atoms with van der Waals surface area (Å²) in [5.41, 5.74) is 2.57. The van der Waals surface area contributed by atoms with Gasteiger partial charge in [-0.1, -0.05) is 41.6 Å². The molecule has 0 spiro atoms. The van der Waals surface area contributed by atoms with Crippen LogP contribution < -0.4 is 9.80 Å². The van der Waals surface area contributed by atoms with Crippen LogP contribution in [0.5, 0.6) is 0 Å². The van der Waals surface area contributed by atoms with Gasteiger partial charge in [0.2, 0.25) is 11.7 Å². The number of fused-ring (bicyclic) bond motifs is 1. The fourth-order valence-corrected chi connectivity index (χ4v) is 3.95. The van der Waals surface area contributed by atoms with E-state index in [4.69, 9.17) is 4.52 Å². The van der Waals surface area contributed by atoms with Crippen molar-refractivity contribution in [1.82, 2.24) is 5.16 Å². The first kappa shape index (κ1) is 18.0. The standard InChI is InChI=1S/C22H21N3O3/c1-15-14-20(25(16(2)26)17-8-4-3-5-9-17)18-10-6-7-11-19(18)24(15)22(27)21-12-13-23-28-21/h3-13,15,20H,14H2,1-2H3/t15?,20-/m0/s1. The van der Waals surface area contributed by atoms with Crippen LogP contribution in [-0.4, -0.2) is 23.0 Å². The van der Waals surface area contributed by atoms with Crippen molar-refractivity contribution in [2.24, 2.45) is 0 Å². The number of nitrogens with zero attached hydrogens (tertiary/aromatic N) is 3. The summed E-state index contributed by atoms with van der Waals surface area (Å²) in [6.07, 6.45) is 2.08. The smallest absolute Gasteiger partial charge is 0.297 e. The lowest BCUT2D eigenvalue weighted by Crippen LogP contribution is -2.47. The van der Waals surface area contributed by atoms with Crippen LogP contribution in [0.3, 0.4) is 0 Å². The van der Waals surface area contributed by atoms with Crippen molar-refractivity contribution < 1.29 is 14.1 Å². The van der Waals surface area contributed by atoms with E-state index in [1.165, 1.54) is 6.20 Å². The quantitative estimate of drug-likeness (QED) is 0.688. The van der Waals surface area contributed by atoms with E-state index in [9.17, 15) is 9.59 Å². The van der Waals surface area contributed by atoms with E-state index in [1.807, 2.05) is 66.4 Å². The Morgan fingerprint density at radius 3 is 2.46 bits per heavy atom. The van der Waals surface area contributed by atoms with Gasteiger partial charge in [-0.3, -0.25) is 9.59 Å². The van der Waals surface area contributed by atoms with Gasteiger partial charge in [0.05, 0.1) is 12.2 Å². The summed E-state index contributed by atoms with van der Waals surface area (Å²) in [7, 11) is 0. The fraction of sp³-hybridized carbons (Fsp3) is 0.227. The molecular weight excluding hydrogens is 354 g/mol. The largest absolute Gasteiger partial charge is 0.351 e. The van der Waals surface area contributed by atoms with Crippen molar-refractivity contribution in [3.63, 3.8) is 0 Å². The number of benzene rings is 2. The molecule has 0 fully saturated rings. The van der Waals surface area contributed by atoms with E-state index in [0.29, 0.717) is 6.42 Å². The molecular formula is C22H21N3O3. The third-order valence-corrected chi connectivity index (χ3v) is 5.11. The zero-order valence-corrected chi connectivity index (χ0v) is 15.8. The Bertz CT molecular complexity index is 985. The summed E-state index contributed by atoms with van der Waals surface area (Å²) in [6, 6.07) is 18.6. The molecule has 2 aromatic carbocycles. The van der Waals surface area contributed by atoms with Gasteiger partial charge in [0.25, 0.3) is 5.91 Å². The molecule has 2 heterocycles. The molecule has 0 saturated carbocycles. The number of hydrogen-bond donors (Lipinski definition) is 0. The first-order valence-corrected chi connectivity index (χ1v) is 9.26. The lowest BCUT2D eigenvalue weighted by atomic mass is 9.89. The molecule has 0 saturated heterocycles. The summed E-state index contributed by atoms with van der Waals surface area (Å²) in [5.74, 6) is -0.0650. The Hall–Kier alpha value is -3.41. The van der Waals surface area contributed by atoms with Crippen LogP contribution in [0.2, 0.25) is 0 Å². The molecule has 1 aliphatic heterocycles. The lowest BCUT2D eigenvalue weighted by Gasteiger charge is -2.43. The average Bonchev–Trinajstić information content (AvgIpc) is 3.23. The molecule has 1 unspecified atom stereocenters. The zero-order chi connectivity index (χ0) is 19.7. The normalized spacial score (nSPS) is 18.4. The molecule has 1 aliphatic rings. The fourth-order valence-electron chi connectivity index (χ4n) is 3.95. The highest BCUT2D eigenvalue weighted by molar-refractivity contribution is 6.05. The number of para-hydroxylation sites is 2. The molecule has 3 aromatic rings. The van der Waals surface area contributed by atoms with Crippen molar-refractivity contribution in [2.75, 3.05) is 9.80 Å². The van der Waals surface area contributed by atoms with Gasteiger partial charge in [0, 0.05) is 30.4 Å². The first-order chi connectivity index (χ1) is 13.6. The number of hydrogen-bond acceptors (Lipinski definition) is 4. The van der Waals surface area contributed by atoms with Crippen LogP contribution in [0.25, 0.3) is 0 Å². The van der Waals surface area contributed by atoms with E-state index >= 15 is 0 Å². The Morgan fingerprint density at radius 2 is 1.79 bits per heavy atom. The van der Waals surface area contributed by atoms with Gasteiger partial charge >= 0.3 is 0 Å². The van der Waals surface area contributed by atoms with Crippen molar-refractivity contribution in [3.05, 3.63) is 78.2 Å². The maximum Gasteiger partial charge on any atom is 0.297 e. The average molecular weight is 375 g/mol. The topological polar surface area (TPSA) is 66.7 Å². The lowest BCUT2D eigenvalue weighted by molar-refractivity contribution is -0.117. The first-order valence-electron chi connectivity index (χ1n) is 9.26. The van der Waals surface area contributed by atoms with Crippen LogP contribution in [0.1, 0.15) is 42.4 Å². The Morgan fingerprint density at radius 1 is 1.07 bits per heavy atom. The van der Waals surface area contributed by atoms with Gasteiger partial charge in [-0.2, -0.15) is 0 Å². The summed E-state index contributed by atoms with van der Waals surface area (Å²) in [4.78, 5) is 29.2. The SMILES string of the molecule is CC(=O)N(c1ccccc1)[C@H]1CC(C)N(C(=O)c2ccno2)c2ccccc21. The molecule has 6 nitrogen and oxygen atoms in total. The van der Waals surface area contributed by atoms with Gasteiger partial charge < -0.3 is 14.3 Å². The van der Waals surface area contributed by atoms with E-state index < -0.39 is 0 Å². The molecule has 142 valence electrons. The summed E-state index contributed by atoms with van der Waals surface area (Å²) in [5, 5.41) is 3.65. The van der Waals surface area contributed by atoms with E-state index in [1.54, 1.807) is 17.9 Å². The van der Waals surface area contributed by atoms with Gasteiger partial charge in [-0.15, -0.1) is 0 Å². The number of carbonyl (C=O) groups is 2. The number of rotatable bonds is 3.